The molecule has 2 amide bonds. The molecule has 0 spiro atoms. The van der Waals surface area contributed by atoms with E-state index < -0.39 is 6.04 Å². The van der Waals surface area contributed by atoms with E-state index in [9.17, 15) is 9.59 Å². The molecule has 2 aromatic carbocycles. The maximum Gasteiger partial charge on any atom is 0.247 e. The average Bonchev–Trinajstić information content (AvgIpc) is 3.18. The van der Waals surface area contributed by atoms with Crippen LogP contribution in [-0.4, -0.2) is 41.8 Å². The molecule has 6 nitrogen and oxygen atoms in total. The molecule has 0 saturated carbocycles. The van der Waals surface area contributed by atoms with Gasteiger partial charge in [-0.2, -0.15) is 0 Å². The number of aryl methyl sites for hydroxylation is 1. The molecule has 1 aliphatic rings. The second kappa shape index (κ2) is 10.6. The van der Waals surface area contributed by atoms with Gasteiger partial charge in [-0.25, -0.2) is 4.98 Å². The van der Waals surface area contributed by atoms with Gasteiger partial charge in [0, 0.05) is 38.7 Å². The number of likely N-dealkylation sites (N-methyl/N-ethyl adjacent to an activating group) is 1. The van der Waals surface area contributed by atoms with Crippen molar-refractivity contribution in [3.05, 3.63) is 95.2 Å². The van der Waals surface area contributed by atoms with Crippen LogP contribution in [0.4, 0.5) is 5.82 Å². The van der Waals surface area contributed by atoms with Gasteiger partial charge in [-0.3, -0.25) is 9.59 Å². The third-order valence-corrected chi connectivity index (χ3v) is 6.52. The molecule has 1 aliphatic heterocycles. The van der Waals surface area contributed by atoms with Gasteiger partial charge in [-0.15, -0.1) is 0 Å². The summed E-state index contributed by atoms with van der Waals surface area (Å²) in [6.45, 7) is 5.59. The highest BCUT2D eigenvalue weighted by Gasteiger charge is 2.28. The highest BCUT2D eigenvalue weighted by atomic mass is 16.2. The minimum Gasteiger partial charge on any atom is -0.345 e. The van der Waals surface area contributed by atoms with E-state index in [1.54, 1.807) is 11.1 Å². The molecular formula is C28H32N4O2. The second-order valence-electron chi connectivity index (χ2n) is 9.21. The van der Waals surface area contributed by atoms with Crippen LogP contribution in [0.1, 0.15) is 53.5 Å². The van der Waals surface area contributed by atoms with Crippen LogP contribution < -0.4 is 10.6 Å². The van der Waals surface area contributed by atoms with Gasteiger partial charge in [-0.05, 0) is 35.6 Å². The zero-order chi connectivity index (χ0) is 24.1. The molecule has 2 N–H and O–H groups in total. The second-order valence-corrected chi connectivity index (χ2v) is 9.21. The van der Waals surface area contributed by atoms with Gasteiger partial charge >= 0.3 is 0 Å². The fourth-order valence-electron chi connectivity index (χ4n) is 4.32. The average molecular weight is 457 g/mol. The first kappa shape index (κ1) is 23.6. The number of rotatable bonds is 8. The standard InChI is InChI=1S/C28H32N4O2/c1-19-9-11-21(12-10-19)20(2)16-30-27(22-7-5-4-6-8-22)28(34)31-25-14-13-23(17-29-25)24-15-26(33)32(3)18-24/h4-14,17,20,24,27,30H,15-16,18H2,1-3H3,(H,29,31,34)/t20-,24?,27+/m1/s1. The Bertz CT molecular complexity index is 1110. The summed E-state index contributed by atoms with van der Waals surface area (Å²) in [6, 6.07) is 21.5. The largest absolute Gasteiger partial charge is 0.345 e. The molecule has 0 aliphatic carbocycles. The lowest BCUT2D eigenvalue weighted by Gasteiger charge is -2.21. The molecule has 1 saturated heterocycles. The third-order valence-electron chi connectivity index (χ3n) is 6.52. The Morgan fingerprint density at radius 2 is 1.79 bits per heavy atom. The van der Waals surface area contributed by atoms with Crippen molar-refractivity contribution in [1.82, 2.24) is 15.2 Å². The van der Waals surface area contributed by atoms with E-state index >= 15 is 0 Å². The minimum atomic E-state index is -0.503. The zero-order valence-electron chi connectivity index (χ0n) is 20.0. The number of anilines is 1. The first-order chi connectivity index (χ1) is 16.4. The van der Waals surface area contributed by atoms with Gasteiger partial charge in [0.25, 0.3) is 0 Å². The van der Waals surface area contributed by atoms with Crippen LogP contribution in [0.2, 0.25) is 0 Å². The topological polar surface area (TPSA) is 74.3 Å². The Morgan fingerprint density at radius 1 is 1.06 bits per heavy atom. The van der Waals surface area contributed by atoms with Crippen LogP contribution in [0.15, 0.2) is 72.9 Å². The molecule has 3 aromatic rings. The molecule has 1 unspecified atom stereocenters. The SMILES string of the molecule is Cc1ccc([C@H](C)CN[C@H](C(=O)Nc2ccc(C3CC(=O)N(C)C3)cn2)c2ccccc2)cc1. The lowest BCUT2D eigenvalue weighted by Crippen LogP contribution is -2.35. The summed E-state index contributed by atoms with van der Waals surface area (Å²) < 4.78 is 0. The van der Waals surface area contributed by atoms with E-state index in [1.807, 2.05) is 49.5 Å². The predicted octanol–water partition coefficient (Wildman–Crippen LogP) is 4.41. The first-order valence-electron chi connectivity index (χ1n) is 11.8. The van der Waals surface area contributed by atoms with E-state index in [4.69, 9.17) is 0 Å². The summed E-state index contributed by atoms with van der Waals surface area (Å²) >= 11 is 0. The molecule has 2 heterocycles. The number of pyridine rings is 1. The van der Waals surface area contributed by atoms with Crippen LogP contribution in [0.3, 0.4) is 0 Å². The van der Waals surface area contributed by atoms with Crippen LogP contribution in [0, 0.1) is 6.92 Å². The highest BCUT2D eigenvalue weighted by Crippen LogP contribution is 2.27. The number of benzene rings is 2. The molecular weight excluding hydrogens is 424 g/mol. The number of nitrogens with one attached hydrogen (secondary N) is 2. The van der Waals surface area contributed by atoms with Crippen molar-refractivity contribution >= 4 is 17.6 Å². The number of carbonyl (C=O) groups is 2. The Balaban J connectivity index is 1.43. The molecule has 0 bridgehead atoms. The lowest BCUT2D eigenvalue weighted by atomic mass is 9.98. The minimum absolute atomic E-state index is 0.150. The third kappa shape index (κ3) is 5.69. The zero-order valence-corrected chi connectivity index (χ0v) is 20.0. The first-order valence-corrected chi connectivity index (χ1v) is 11.8. The normalized spacial score (nSPS) is 17.4. The van der Waals surface area contributed by atoms with E-state index in [2.05, 4.69) is 53.7 Å². The van der Waals surface area contributed by atoms with Gasteiger partial charge in [0.15, 0.2) is 0 Å². The fraction of sp³-hybridized carbons (Fsp3) is 0.321. The summed E-state index contributed by atoms with van der Waals surface area (Å²) in [7, 11) is 1.82. The number of hydrogen-bond donors (Lipinski definition) is 2. The van der Waals surface area contributed by atoms with Crippen molar-refractivity contribution in [2.45, 2.75) is 38.1 Å². The van der Waals surface area contributed by atoms with Gasteiger partial charge in [0.05, 0.1) is 0 Å². The molecule has 6 heteroatoms. The van der Waals surface area contributed by atoms with Gasteiger partial charge in [-0.1, -0.05) is 73.2 Å². The number of amides is 2. The Hall–Kier alpha value is -3.51. The van der Waals surface area contributed by atoms with Crippen molar-refractivity contribution in [1.29, 1.82) is 0 Å². The van der Waals surface area contributed by atoms with E-state index in [1.165, 1.54) is 11.1 Å². The Kier molecular flexibility index (Phi) is 7.38. The number of carbonyl (C=O) groups excluding carboxylic acids is 2. The summed E-state index contributed by atoms with van der Waals surface area (Å²) in [4.78, 5) is 31.3. The highest BCUT2D eigenvalue weighted by molar-refractivity contribution is 5.94. The lowest BCUT2D eigenvalue weighted by molar-refractivity contribution is -0.126. The molecule has 0 radical (unpaired) electrons. The molecule has 1 aromatic heterocycles. The summed E-state index contributed by atoms with van der Waals surface area (Å²) in [5.74, 6) is 0.902. The summed E-state index contributed by atoms with van der Waals surface area (Å²) in [5.41, 5.74) is 4.38. The van der Waals surface area contributed by atoms with Gasteiger partial charge in [0.2, 0.25) is 11.8 Å². The fourth-order valence-corrected chi connectivity index (χ4v) is 4.32. The maximum absolute atomic E-state index is 13.3. The molecule has 4 rings (SSSR count). The van der Waals surface area contributed by atoms with E-state index in [-0.39, 0.29) is 23.7 Å². The Morgan fingerprint density at radius 3 is 2.41 bits per heavy atom. The monoisotopic (exact) mass is 456 g/mol. The summed E-state index contributed by atoms with van der Waals surface area (Å²) in [6.07, 6.45) is 2.26. The van der Waals surface area contributed by atoms with Crippen molar-refractivity contribution in [3.8, 4) is 0 Å². The van der Waals surface area contributed by atoms with Crippen LogP contribution in [-0.2, 0) is 9.59 Å². The van der Waals surface area contributed by atoms with Crippen molar-refractivity contribution in [2.75, 3.05) is 25.5 Å². The van der Waals surface area contributed by atoms with Gasteiger partial charge < -0.3 is 15.5 Å². The number of hydrogen-bond acceptors (Lipinski definition) is 4. The smallest absolute Gasteiger partial charge is 0.247 e. The van der Waals surface area contributed by atoms with E-state index in [0.717, 1.165) is 11.1 Å². The maximum atomic E-state index is 13.3. The van der Waals surface area contributed by atoms with Crippen molar-refractivity contribution in [2.24, 2.45) is 0 Å². The van der Waals surface area contributed by atoms with Gasteiger partial charge in [0.1, 0.15) is 11.9 Å². The quantitative estimate of drug-likeness (QED) is 0.527. The van der Waals surface area contributed by atoms with E-state index in [0.29, 0.717) is 25.3 Å². The molecule has 34 heavy (non-hydrogen) atoms. The van der Waals surface area contributed by atoms with Crippen molar-refractivity contribution < 1.29 is 9.59 Å². The van der Waals surface area contributed by atoms with Crippen LogP contribution in [0.25, 0.3) is 0 Å². The van der Waals surface area contributed by atoms with Crippen molar-refractivity contribution in [3.63, 3.8) is 0 Å². The number of nitrogens with zero attached hydrogens (tertiary/aromatic N) is 2. The predicted molar refractivity (Wildman–Crippen MR) is 135 cm³/mol. The number of aromatic nitrogens is 1. The number of likely N-dealkylation sites (tertiary alicyclic amines) is 1. The van der Waals surface area contributed by atoms with Crippen LogP contribution >= 0.6 is 0 Å². The summed E-state index contributed by atoms with van der Waals surface area (Å²) in [5, 5.41) is 6.41. The Labute approximate surface area is 201 Å². The molecule has 176 valence electrons. The molecule has 1 fully saturated rings. The molecule has 3 atom stereocenters. The van der Waals surface area contributed by atoms with Crippen LogP contribution in [0.5, 0.6) is 0 Å².